The van der Waals surface area contributed by atoms with Gasteiger partial charge >= 0.3 is 0 Å². The highest BCUT2D eigenvalue weighted by Crippen LogP contribution is 2.30. The van der Waals surface area contributed by atoms with Gasteiger partial charge in [-0.1, -0.05) is 30.3 Å². The van der Waals surface area contributed by atoms with Gasteiger partial charge in [0.05, 0.1) is 19.3 Å². The molecule has 1 saturated heterocycles. The molecule has 1 N–H and O–H groups in total. The summed E-state index contributed by atoms with van der Waals surface area (Å²) >= 11 is 0. The van der Waals surface area contributed by atoms with E-state index in [0.717, 1.165) is 6.61 Å². The van der Waals surface area contributed by atoms with Crippen LogP contribution in [0.3, 0.4) is 0 Å². The second kappa shape index (κ2) is 3.25. The third kappa shape index (κ3) is 1.24. The van der Waals surface area contributed by atoms with Crippen LogP contribution < -0.4 is 0 Å². The largest absolute Gasteiger partial charge is 0.394 e. The van der Waals surface area contributed by atoms with Crippen LogP contribution >= 0.6 is 0 Å². The molecule has 0 aromatic heterocycles. The zero-order chi connectivity index (χ0) is 8.39. The Morgan fingerprint density at radius 1 is 1.33 bits per heavy atom. The Morgan fingerprint density at radius 3 is 2.58 bits per heavy atom. The summed E-state index contributed by atoms with van der Waals surface area (Å²) in [6.45, 7) is 0.870. The van der Waals surface area contributed by atoms with Crippen molar-refractivity contribution in [3.05, 3.63) is 35.9 Å². The molecule has 1 aliphatic heterocycles. The number of aliphatic hydroxyl groups excluding tert-OH is 1. The Bertz CT molecular complexity index is 243. The minimum atomic E-state index is 0.0207. The number of benzene rings is 1. The summed E-state index contributed by atoms with van der Waals surface area (Å²) in [6.07, 6.45) is 0.0207. The van der Waals surface area contributed by atoms with Gasteiger partial charge in [-0.15, -0.1) is 0 Å². The van der Waals surface area contributed by atoms with Gasteiger partial charge in [-0.3, -0.25) is 0 Å². The van der Waals surface area contributed by atoms with Crippen molar-refractivity contribution in [1.29, 1.82) is 0 Å². The van der Waals surface area contributed by atoms with Gasteiger partial charge in [0, 0.05) is 5.92 Å². The Morgan fingerprint density at radius 2 is 2.08 bits per heavy atom. The molecule has 0 bridgehead atoms. The molecular weight excluding hydrogens is 152 g/mol. The number of ether oxygens (including phenoxy) is 1. The standard InChI is InChI=1S/C10H12O2/c11-6-10-9(7-12-10)8-4-2-1-3-5-8/h1-5,9-11H,6-7H2/t9-,10+/m0/s1. The topological polar surface area (TPSA) is 29.5 Å². The summed E-state index contributed by atoms with van der Waals surface area (Å²) in [5, 5.41) is 8.89. The maximum atomic E-state index is 8.89. The Balaban J connectivity index is 2.11. The molecule has 0 saturated carbocycles. The second-order valence-electron chi connectivity index (χ2n) is 3.07. The molecule has 1 heterocycles. The van der Waals surface area contributed by atoms with E-state index < -0.39 is 0 Å². The molecule has 2 heteroatoms. The van der Waals surface area contributed by atoms with E-state index in [1.54, 1.807) is 0 Å². The molecule has 2 atom stereocenters. The molecule has 0 unspecified atom stereocenters. The maximum Gasteiger partial charge on any atom is 0.0896 e. The minimum Gasteiger partial charge on any atom is -0.394 e. The lowest BCUT2D eigenvalue weighted by Crippen LogP contribution is -2.40. The summed E-state index contributed by atoms with van der Waals surface area (Å²) in [7, 11) is 0. The van der Waals surface area contributed by atoms with Crippen molar-refractivity contribution in [3.8, 4) is 0 Å². The molecule has 1 aliphatic rings. The van der Waals surface area contributed by atoms with Crippen molar-refractivity contribution in [2.75, 3.05) is 13.2 Å². The van der Waals surface area contributed by atoms with Crippen molar-refractivity contribution in [3.63, 3.8) is 0 Å². The van der Waals surface area contributed by atoms with Crippen LogP contribution in [0.2, 0.25) is 0 Å². The van der Waals surface area contributed by atoms with E-state index in [9.17, 15) is 0 Å². The molecule has 12 heavy (non-hydrogen) atoms. The quantitative estimate of drug-likeness (QED) is 0.710. The molecule has 1 aromatic carbocycles. The summed E-state index contributed by atoms with van der Waals surface area (Å²) in [5.41, 5.74) is 1.27. The average Bonchev–Trinajstić information content (AvgIpc) is 2.05. The van der Waals surface area contributed by atoms with E-state index in [2.05, 4.69) is 12.1 Å². The van der Waals surface area contributed by atoms with E-state index >= 15 is 0 Å². The van der Waals surface area contributed by atoms with Crippen LogP contribution in [0, 0.1) is 0 Å². The molecular formula is C10H12O2. The van der Waals surface area contributed by atoms with E-state index in [-0.39, 0.29) is 12.7 Å². The van der Waals surface area contributed by atoms with Crippen LogP contribution in [0.25, 0.3) is 0 Å². The number of aliphatic hydroxyl groups is 1. The van der Waals surface area contributed by atoms with Crippen molar-refractivity contribution in [1.82, 2.24) is 0 Å². The van der Waals surface area contributed by atoms with Crippen LogP contribution in [-0.2, 0) is 4.74 Å². The van der Waals surface area contributed by atoms with Crippen molar-refractivity contribution in [2.24, 2.45) is 0 Å². The van der Waals surface area contributed by atoms with Gasteiger partial charge in [0.25, 0.3) is 0 Å². The summed E-state index contributed by atoms with van der Waals surface area (Å²) in [4.78, 5) is 0. The molecule has 64 valence electrons. The molecule has 0 radical (unpaired) electrons. The summed E-state index contributed by atoms with van der Waals surface area (Å²) < 4.78 is 5.20. The highest BCUT2D eigenvalue weighted by molar-refractivity contribution is 5.22. The zero-order valence-corrected chi connectivity index (χ0v) is 6.81. The number of rotatable bonds is 2. The van der Waals surface area contributed by atoms with Crippen LogP contribution in [0.15, 0.2) is 30.3 Å². The van der Waals surface area contributed by atoms with Crippen LogP contribution in [-0.4, -0.2) is 24.4 Å². The van der Waals surface area contributed by atoms with Crippen molar-refractivity contribution < 1.29 is 9.84 Å². The predicted molar refractivity (Wildman–Crippen MR) is 46.0 cm³/mol. The van der Waals surface area contributed by atoms with Gasteiger partial charge in [0.2, 0.25) is 0 Å². The second-order valence-corrected chi connectivity index (χ2v) is 3.07. The van der Waals surface area contributed by atoms with Gasteiger partial charge in [0.1, 0.15) is 0 Å². The summed E-state index contributed by atoms with van der Waals surface area (Å²) in [5.74, 6) is 0.399. The van der Waals surface area contributed by atoms with Gasteiger partial charge in [-0.05, 0) is 5.56 Å². The van der Waals surface area contributed by atoms with Gasteiger partial charge in [-0.25, -0.2) is 0 Å². The first kappa shape index (κ1) is 7.77. The normalized spacial score (nSPS) is 28.1. The van der Waals surface area contributed by atoms with Crippen LogP contribution in [0.4, 0.5) is 0 Å². The van der Waals surface area contributed by atoms with Crippen molar-refractivity contribution >= 4 is 0 Å². The molecule has 0 spiro atoms. The van der Waals surface area contributed by atoms with Crippen LogP contribution in [0.1, 0.15) is 11.5 Å². The first-order chi connectivity index (χ1) is 5.92. The van der Waals surface area contributed by atoms with Crippen LogP contribution in [0.5, 0.6) is 0 Å². The Hall–Kier alpha value is -0.860. The third-order valence-electron chi connectivity index (χ3n) is 2.35. The Kier molecular flexibility index (Phi) is 2.11. The number of hydrogen-bond donors (Lipinski definition) is 1. The monoisotopic (exact) mass is 164 g/mol. The highest BCUT2D eigenvalue weighted by atomic mass is 16.5. The first-order valence-corrected chi connectivity index (χ1v) is 4.19. The Labute approximate surface area is 71.8 Å². The number of hydrogen-bond acceptors (Lipinski definition) is 2. The van der Waals surface area contributed by atoms with Gasteiger partial charge < -0.3 is 9.84 Å². The van der Waals surface area contributed by atoms with E-state index in [1.165, 1.54) is 5.56 Å². The fourth-order valence-electron chi connectivity index (χ4n) is 1.52. The lowest BCUT2D eigenvalue weighted by atomic mass is 9.90. The van der Waals surface area contributed by atoms with E-state index in [4.69, 9.17) is 9.84 Å². The fourth-order valence-corrected chi connectivity index (χ4v) is 1.52. The lowest BCUT2D eigenvalue weighted by molar-refractivity contribution is -0.101. The average molecular weight is 164 g/mol. The third-order valence-corrected chi connectivity index (χ3v) is 2.35. The SMILES string of the molecule is OC[C@H]1OC[C@H]1c1ccccc1. The van der Waals surface area contributed by atoms with E-state index in [1.807, 2.05) is 18.2 Å². The molecule has 0 amide bonds. The maximum absolute atomic E-state index is 8.89. The lowest BCUT2D eigenvalue weighted by Gasteiger charge is -2.35. The van der Waals surface area contributed by atoms with E-state index in [0.29, 0.717) is 5.92 Å². The zero-order valence-electron chi connectivity index (χ0n) is 6.81. The first-order valence-electron chi connectivity index (χ1n) is 4.19. The minimum absolute atomic E-state index is 0.0207. The van der Waals surface area contributed by atoms with Gasteiger partial charge in [-0.2, -0.15) is 0 Å². The molecule has 2 rings (SSSR count). The molecule has 2 nitrogen and oxygen atoms in total. The highest BCUT2D eigenvalue weighted by Gasteiger charge is 2.32. The summed E-state index contributed by atoms with van der Waals surface area (Å²) in [6, 6.07) is 10.2. The molecule has 1 fully saturated rings. The molecule has 0 aliphatic carbocycles. The fraction of sp³-hybridized carbons (Fsp3) is 0.400. The molecule has 1 aromatic rings. The smallest absolute Gasteiger partial charge is 0.0896 e. The van der Waals surface area contributed by atoms with Gasteiger partial charge in [0.15, 0.2) is 0 Å². The van der Waals surface area contributed by atoms with Crippen molar-refractivity contribution in [2.45, 2.75) is 12.0 Å². The predicted octanol–water partition coefficient (Wildman–Crippen LogP) is 1.16.